The molecule has 4 amide bonds. The first-order chi connectivity index (χ1) is 16.9. The van der Waals surface area contributed by atoms with E-state index in [1.54, 1.807) is 37.3 Å². The van der Waals surface area contributed by atoms with E-state index in [-0.39, 0.29) is 47.7 Å². The van der Waals surface area contributed by atoms with Crippen molar-refractivity contribution >= 4 is 35.5 Å². The molecule has 0 spiro atoms. The van der Waals surface area contributed by atoms with Gasteiger partial charge in [-0.05, 0) is 60.5 Å². The fourth-order valence-corrected chi connectivity index (χ4v) is 3.69. The Morgan fingerprint density at radius 1 is 1.11 bits per heavy atom. The monoisotopic (exact) mass is 498 g/mol. The lowest BCUT2D eigenvalue weighted by atomic mass is 10.1. The number of carbonyl (C=O) groups is 3. The molecule has 2 aromatic carbocycles. The Morgan fingerprint density at radius 2 is 1.94 bits per heavy atom. The van der Waals surface area contributed by atoms with E-state index >= 15 is 0 Å². The molecule has 1 aromatic heterocycles. The van der Waals surface area contributed by atoms with Gasteiger partial charge in [-0.2, -0.15) is 0 Å². The molecule has 2 heterocycles. The number of hydrogen-bond donors (Lipinski definition) is 1. The van der Waals surface area contributed by atoms with Gasteiger partial charge < -0.3 is 13.9 Å². The maximum atomic E-state index is 13.5. The number of amides is 4. The first-order valence-electron chi connectivity index (χ1n) is 10.6. The molecule has 35 heavy (non-hydrogen) atoms. The van der Waals surface area contributed by atoms with Gasteiger partial charge in [0.1, 0.15) is 23.8 Å². The van der Waals surface area contributed by atoms with Crippen LogP contribution in [0.5, 0.6) is 11.5 Å². The van der Waals surface area contributed by atoms with Gasteiger partial charge >= 0.3 is 6.03 Å². The summed E-state index contributed by atoms with van der Waals surface area (Å²) in [5, 5.41) is 2.31. The molecule has 1 fully saturated rings. The minimum atomic E-state index is -0.845. The zero-order chi connectivity index (χ0) is 24.9. The summed E-state index contributed by atoms with van der Waals surface area (Å²) in [4.78, 5) is 38.4. The number of furan rings is 1. The maximum absolute atomic E-state index is 13.5. The summed E-state index contributed by atoms with van der Waals surface area (Å²) in [7, 11) is 0. The second-order valence-corrected chi connectivity index (χ2v) is 7.88. The number of nitrogens with zero attached hydrogens (tertiary/aromatic N) is 1. The van der Waals surface area contributed by atoms with Crippen LogP contribution < -0.4 is 14.8 Å². The number of ether oxygens (including phenoxy) is 2. The van der Waals surface area contributed by atoms with E-state index in [1.165, 1.54) is 30.5 Å². The van der Waals surface area contributed by atoms with E-state index in [4.69, 9.17) is 25.5 Å². The Hall–Kier alpha value is -4.11. The van der Waals surface area contributed by atoms with E-state index in [0.717, 1.165) is 4.90 Å². The van der Waals surface area contributed by atoms with E-state index < -0.39 is 17.8 Å². The van der Waals surface area contributed by atoms with Crippen LogP contribution in [-0.2, 0) is 22.7 Å². The summed E-state index contributed by atoms with van der Waals surface area (Å²) in [5.74, 6) is -1.13. The van der Waals surface area contributed by atoms with Crippen molar-refractivity contribution in [1.29, 1.82) is 0 Å². The molecule has 180 valence electrons. The second-order valence-electron chi connectivity index (χ2n) is 7.47. The van der Waals surface area contributed by atoms with Crippen molar-refractivity contribution in [2.75, 3.05) is 6.61 Å². The highest BCUT2D eigenvalue weighted by atomic mass is 35.5. The van der Waals surface area contributed by atoms with Gasteiger partial charge in [-0.15, -0.1) is 0 Å². The van der Waals surface area contributed by atoms with Crippen LogP contribution in [-0.4, -0.2) is 29.4 Å². The fraction of sp³-hybridized carbons (Fsp3) is 0.160. The number of benzene rings is 2. The zero-order valence-corrected chi connectivity index (χ0v) is 19.3. The number of nitrogens with one attached hydrogen (secondary N) is 1. The summed E-state index contributed by atoms with van der Waals surface area (Å²) >= 11 is 6.43. The summed E-state index contributed by atoms with van der Waals surface area (Å²) < 4.78 is 30.1. The Balaban J connectivity index is 1.61. The van der Waals surface area contributed by atoms with Gasteiger partial charge in [0.15, 0.2) is 11.5 Å². The quantitative estimate of drug-likeness (QED) is 0.357. The van der Waals surface area contributed by atoms with Crippen LogP contribution in [0.15, 0.2) is 64.8 Å². The van der Waals surface area contributed by atoms with E-state index in [1.807, 2.05) is 0 Å². The number of hydrogen-bond acceptors (Lipinski definition) is 6. The second kappa shape index (κ2) is 10.4. The fourth-order valence-electron chi connectivity index (χ4n) is 3.42. The number of barbiturate groups is 1. The van der Waals surface area contributed by atoms with Crippen LogP contribution in [0.1, 0.15) is 23.8 Å². The van der Waals surface area contributed by atoms with E-state index in [2.05, 4.69) is 5.32 Å². The van der Waals surface area contributed by atoms with Crippen molar-refractivity contribution in [3.05, 3.63) is 88.1 Å². The lowest BCUT2D eigenvalue weighted by molar-refractivity contribution is -0.130. The smallest absolute Gasteiger partial charge is 0.331 e. The molecule has 0 atom stereocenters. The highest BCUT2D eigenvalue weighted by Gasteiger charge is 2.36. The highest BCUT2D eigenvalue weighted by molar-refractivity contribution is 6.33. The van der Waals surface area contributed by atoms with Gasteiger partial charge in [-0.25, -0.2) is 9.18 Å². The van der Waals surface area contributed by atoms with E-state index in [0.29, 0.717) is 16.9 Å². The van der Waals surface area contributed by atoms with Crippen LogP contribution in [0.2, 0.25) is 5.02 Å². The Kier molecular flexibility index (Phi) is 7.17. The SMILES string of the molecule is CCOc1cc(/C=C2\C(=O)NC(=O)N(Cc3ccco3)C2=O)cc(Cl)c1OCc1cccc(F)c1. The molecule has 1 aliphatic heterocycles. The third-order valence-electron chi connectivity index (χ3n) is 4.99. The molecule has 3 aromatic rings. The largest absolute Gasteiger partial charge is 0.490 e. The Bertz CT molecular complexity index is 1310. The van der Waals surface area contributed by atoms with Crippen LogP contribution in [0.4, 0.5) is 9.18 Å². The minimum absolute atomic E-state index is 0.0444. The standard InChI is InChI=1S/C25H20ClFN2O6/c1-2-33-21-12-16(11-20(26)22(21)35-14-15-5-3-6-17(27)9-15)10-19-23(30)28-25(32)29(24(19)31)13-18-7-4-8-34-18/h3-12H,2,13-14H2,1H3,(H,28,30,32)/b19-10+. The number of carbonyl (C=O) groups excluding carboxylic acids is 3. The van der Waals surface area contributed by atoms with Gasteiger partial charge in [-0.3, -0.25) is 19.8 Å². The summed E-state index contributed by atoms with van der Waals surface area (Å²) in [6.45, 7) is 1.96. The zero-order valence-electron chi connectivity index (χ0n) is 18.5. The number of halogens is 2. The maximum Gasteiger partial charge on any atom is 0.331 e. The van der Waals surface area contributed by atoms with Crippen molar-refractivity contribution in [1.82, 2.24) is 10.2 Å². The molecule has 0 unspecified atom stereocenters. The molecule has 0 saturated carbocycles. The number of urea groups is 1. The third kappa shape index (κ3) is 5.52. The molecule has 0 bridgehead atoms. The van der Waals surface area contributed by atoms with Crippen LogP contribution >= 0.6 is 11.6 Å². The van der Waals surface area contributed by atoms with Crippen molar-refractivity contribution in [2.24, 2.45) is 0 Å². The average Bonchev–Trinajstić information content (AvgIpc) is 3.32. The molecule has 0 radical (unpaired) electrons. The van der Waals surface area contributed by atoms with Gasteiger partial charge in [0.25, 0.3) is 11.8 Å². The summed E-state index contributed by atoms with van der Waals surface area (Å²) in [6.07, 6.45) is 2.72. The molecule has 1 saturated heterocycles. The number of rotatable bonds is 8. The van der Waals surface area contributed by atoms with Crippen LogP contribution in [0, 0.1) is 5.82 Å². The van der Waals surface area contributed by atoms with Gasteiger partial charge in [0.2, 0.25) is 0 Å². The molecule has 1 N–H and O–H groups in total. The van der Waals surface area contributed by atoms with E-state index in [9.17, 15) is 18.8 Å². The summed E-state index contributed by atoms with van der Waals surface area (Å²) in [5.41, 5.74) is 0.714. The molecule has 8 nitrogen and oxygen atoms in total. The first-order valence-corrected chi connectivity index (χ1v) is 11.0. The number of imide groups is 2. The van der Waals surface area contributed by atoms with Crippen molar-refractivity contribution < 1.29 is 32.7 Å². The topological polar surface area (TPSA) is 98.1 Å². The lowest BCUT2D eigenvalue weighted by Crippen LogP contribution is -2.53. The first kappa shape index (κ1) is 24.0. The van der Waals surface area contributed by atoms with Crippen LogP contribution in [0.25, 0.3) is 6.08 Å². The molecule has 4 rings (SSSR count). The molecule has 10 heteroatoms. The van der Waals surface area contributed by atoms with Gasteiger partial charge in [-0.1, -0.05) is 23.7 Å². The van der Waals surface area contributed by atoms with Crippen molar-refractivity contribution in [3.63, 3.8) is 0 Å². The predicted molar refractivity (Wildman–Crippen MR) is 124 cm³/mol. The Morgan fingerprint density at radius 3 is 2.66 bits per heavy atom. The molecule has 1 aliphatic rings. The van der Waals surface area contributed by atoms with Gasteiger partial charge in [0.05, 0.1) is 24.4 Å². The molecular formula is C25H20ClFN2O6. The molecule has 0 aliphatic carbocycles. The summed E-state index contributed by atoms with van der Waals surface area (Å²) in [6, 6.07) is 11.4. The van der Waals surface area contributed by atoms with Gasteiger partial charge in [0, 0.05) is 0 Å². The van der Waals surface area contributed by atoms with Crippen LogP contribution in [0.3, 0.4) is 0 Å². The average molecular weight is 499 g/mol. The Labute approximate surface area is 204 Å². The predicted octanol–water partition coefficient (Wildman–Crippen LogP) is 4.71. The minimum Gasteiger partial charge on any atom is -0.490 e. The van der Waals surface area contributed by atoms with Crippen molar-refractivity contribution in [3.8, 4) is 11.5 Å². The van der Waals surface area contributed by atoms with Crippen molar-refractivity contribution in [2.45, 2.75) is 20.1 Å². The lowest BCUT2D eigenvalue weighted by Gasteiger charge is -2.25. The normalized spacial score (nSPS) is 14.9. The molecular weight excluding hydrogens is 479 g/mol. The highest BCUT2D eigenvalue weighted by Crippen LogP contribution is 2.38. The third-order valence-corrected chi connectivity index (χ3v) is 5.28.